The fourth-order valence-electron chi connectivity index (χ4n) is 2.33. The van der Waals surface area contributed by atoms with Gasteiger partial charge in [0, 0.05) is 11.9 Å². The zero-order valence-corrected chi connectivity index (χ0v) is 16.2. The highest BCUT2D eigenvalue weighted by Crippen LogP contribution is 2.22. The second kappa shape index (κ2) is 9.44. The van der Waals surface area contributed by atoms with E-state index >= 15 is 0 Å². The van der Waals surface area contributed by atoms with Gasteiger partial charge < -0.3 is 11.1 Å². The number of nitrogens with two attached hydrogens (primary N) is 1. The van der Waals surface area contributed by atoms with Gasteiger partial charge in [-0.3, -0.25) is 0 Å². The van der Waals surface area contributed by atoms with Crippen molar-refractivity contribution in [2.45, 2.75) is 40.2 Å². The van der Waals surface area contributed by atoms with Crippen molar-refractivity contribution in [2.75, 3.05) is 5.32 Å². The van der Waals surface area contributed by atoms with Gasteiger partial charge in [0.1, 0.15) is 5.82 Å². The molecule has 1 heterocycles. The summed E-state index contributed by atoms with van der Waals surface area (Å²) in [6, 6.07) is 8.16. The molecular weight excluding hydrogens is 401 g/mol. The zero-order chi connectivity index (χ0) is 15.9. The van der Waals surface area contributed by atoms with E-state index in [1.165, 1.54) is 11.1 Å². The number of guanidine groups is 1. The van der Waals surface area contributed by atoms with E-state index < -0.39 is 0 Å². The first-order valence-electron chi connectivity index (χ1n) is 7.60. The molecule has 0 aliphatic heterocycles. The largest absolute Gasteiger partial charge is 0.370 e. The fraction of sp³-hybridized carbons (Fsp3) is 0.353. The number of rotatable bonds is 5. The molecule has 0 radical (unpaired) electrons. The number of hydrogen-bond acceptors (Lipinski definition) is 3. The summed E-state index contributed by atoms with van der Waals surface area (Å²) in [5.74, 6) is 1.15. The Bertz CT molecular complexity index is 648. The molecular formula is C17H24IN5. The topological polar surface area (TPSA) is 76.2 Å². The maximum atomic E-state index is 6.03. The lowest BCUT2D eigenvalue weighted by molar-refractivity contribution is 0.924. The molecule has 1 aromatic carbocycles. The van der Waals surface area contributed by atoms with Crippen LogP contribution in [-0.4, -0.2) is 15.9 Å². The van der Waals surface area contributed by atoms with Crippen molar-refractivity contribution in [1.82, 2.24) is 9.97 Å². The molecule has 0 fully saturated rings. The first-order valence-corrected chi connectivity index (χ1v) is 7.60. The van der Waals surface area contributed by atoms with Crippen molar-refractivity contribution >= 4 is 35.6 Å². The van der Waals surface area contributed by atoms with Gasteiger partial charge in [0.15, 0.2) is 5.96 Å². The van der Waals surface area contributed by atoms with Crippen LogP contribution in [0.2, 0.25) is 0 Å². The lowest BCUT2D eigenvalue weighted by Gasteiger charge is -2.14. The smallest absolute Gasteiger partial charge is 0.193 e. The molecule has 6 heteroatoms. The minimum atomic E-state index is 0. The van der Waals surface area contributed by atoms with Gasteiger partial charge in [0.25, 0.3) is 0 Å². The highest BCUT2D eigenvalue weighted by molar-refractivity contribution is 14.0. The second-order valence-electron chi connectivity index (χ2n) is 5.08. The van der Waals surface area contributed by atoms with Crippen LogP contribution in [0.25, 0.3) is 0 Å². The van der Waals surface area contributed by atoms with Crippen LogP contribution >= 0.6 is 24.0 Å². The van der Waals surface area contributed by atoms with Gasteiger partial charge in [-0.15, -0.1) is 24.0 Å². The predicted molar refractivity (Wildman–Crippen MR) is 106 cm³/mol. The molecule has 2 rings (SSSR count). The molecule has 5 nitrogen and oxygen atoms in total. The summed E-state index contributed by atoms with van der Waals surface area (Å²) in [5.41, 5.74) is 10.5. The first-order chi connectivity index (χ1) is 10.6. The molecule has 124 valence electrons. The summed E-state index contributed by atoms with van der Waals surface area (Å²) < 4.78 is 0. The maximum absolute atomic E-state index is 6.03. The van der Waals surface area contributed by atoms with E-state index in [1.807, 2.05) is 13.0 Å². The van der Waals surface area contributed by atoms with Crippen molar-refractivity contribution in [3.63, 3.8) is 0 Å². The highest BCUT2D eigenvalue weighted by atomic mass is 127. The third-order valence-electron chi connectivity index (χ3n) is 3.50. The van der Waals surface area contributed by atoms with Crippen LogP contribution < -0.4 is 11.1 Å². The molecule has 0 atom stereocenters. The summed E-state index contributed by atoms with van der Waals surface area (Å²) in [6.45, 7) is 6.58. The fourth-order valence-corrected chi connectivity index (χ4v) is 2.33. The minimum Gasteiger partial charge on any atom is -0.370 e. The van der Waals surface area contributed by atoms with E-state index in [4.69, 9.17) is 5.73 Å². The average molecular weight is 425 g/mol. The third-order valence-corrected chi connectivity index (χ3v) is 3.50. The normalized spacial score (nSPS) is 11.0. The van der Waals surface area contributed by atoms with Crippen molar-refractivity contribution in [1.29, 1.82) is 0 Å². The SMILES string of the molecule is CCc1cccc(CC)c1NC(N)=NCc1ccnc(C)n1.I. The van der Waals surface area contributed by atoms with Gasteiger partial charge in [0.05, 0.1) is 12.2 Å². The lowest BCUT2D eigenvalue weighted by atomic mass is 10.0. The van der Waals surface area contributed by atoms with Crippen LogP contribution in [0.4, 0.5) is 5.69 Å². The Morgan fingerprint density at radius 3 is 2.39 bits per heavy atom. The Balaban J connectivity index is 0.00000264. The Hall–Kier alpha value is -1.70. The number of hydrogen-bond donors (Lipinski definition) is 2. The van der Waals surface area contributed by atoms with Crippen LogP contribution in [0.15, 0.2) is 35.5 Å². The number of aromatic nitrogens is 2. The molecule has 0 saturated heterocycles. The Labute approximate surface area is 154 Å². The Morgan fingerprint density at radius 1 is 1.17 bits per heavy atom. The molecule has 0 aliphatic carbocycles. The molecule has 0 spiro atoms. The van der Waals surface area contributed by atoms with Gasteiger partial charge in [-0.1, -0.05) is 32.0 Å². The molecule has 0 saturated carbocycles. The Kier molecular flexibility index (Phi) is 7.94. The summed E-state index contributed by atoms with van der Waals surface area (Å²) >= 11 is 0. The van der Waals surface area contributed by atoms with Crippen LogP contribution in [0.5, 0.6) is 0 Å². The molecule has 2 aromatic rings. The van der Waals surface area contributed by atoms with Gasteiger partial charge >= 0.3 is 0 Å². The third kappa shape index (κ3) is 5.46. The van der Waals surface area contributed by atoms with Crippen molar-refractivity contribution < 1.29 is 0 Å². The number of nitrogens with one attached hydrogen (secondary N) is 1. The van der Waals surface area contributed by atoms with Crippen molar-refractivity contribution in [3.8, 4) is 0 Å². The van der Waals surface area contributed by atoms with E-state index in [9.17, 15) is 0 Å². The molecule has 0 unspecified atom stereocenters. The van der Waals surface area contributed by atoms with E-state index in [-0.39, 0.29) is 24.0 Å². The van der Waals surface area contributed by atoms with E-state index in [0.717, 1.165) is 30.0 Å². The number of benzene rings is 1. The molecule has 23 heavy (non-hydrogen) atoms. The molecule has 0 bridgehead atoms. The first kappa shape index (κ1) is 19.3. The van der Waals surface area contributed by atoms with E-state index in [2.05, 4.69) is 52.3 Å². The summed E-state index contributed by atoms with van der Waals surface area (Å²) in [6.07, 6.45) is 3.64. The van der Waals surface area contributed by atoms with Gasteiger partial charge in [-0.05, 0) is 37.0 Å². The van der Waals surface area contributed by atoms with E-state index in [1.54, 1.807) is 6.20 Å². The standard InChI is InChI=1S/C17H23N5.HI/c1-4-13-7-6-8-14(5-2)16(13)22-17(18)20-11-15-9-10-19-12(3)21-15;/h6-10H,4-5,11H2,1-3H3,(H3,18,20,22);1H. The number of para-hydroxylation sites is 1. The van der Waals surface area contributed by atoms with Crippen LogP contribution in [0.3, 0.4) is 0 Å². The lowest BCUT2D eigenvalue weighted by Crippen LogP contribution is -2.24. The van der Waals surface area contributed by atoms with Crippen molar-refractivity contribution in [2.24, 2.45) is 10.7 Å². The monoisotopic (exact) mass is 425 g/mol. The van der Waals surface area contributed by atoms with E-state index in [0.29, 0.717) is 12.5 Å². The van der Waals surface area contributed by atoms with Gasteiger partial charge in [-0.25, -0.2) is 15.0 Å². The number of aryl methyl sites for hydroxylation is 3. The summed E-state index contributed by atoms with van der Waals surface area (Å²) in [5, 5.41) is 3.25. The average Bonchev–Trinajstić information content (AvgIpc) is 2.53. The quantitative estimate of drug-likeness (QED) is 0.437. The van der Waals surface area contributed by atoms with Crippen LogP contribution in [0.1, 0.15) is 36.5 Å². The predicted octanol–water partition coefficient (Wildman–Crippen LogP) is 3.45. The molecule has 3 N–H and O–H groups in total. The van der Waals surface area contributed by atoms with Crippen LogP contribution in [0, 0.1) is 6.92 Å². The maximum Gasteiger partial charge on any atom is 0.193 e. The van der Waals surface area contributed by atoms with Gasteiger partial charge in [-0.2, -0.15) is 0 Å². The highest BCUT2D eigenvalue weighted by Gasteiger charge is 2.07. The molecule has 1 aromatic heterocycles. The summed E-state index contributed by atoms with van der Waals surface area (Å²) in [7, 11) is 0. The van der Waals surface area contributed by atoms with Crippen molar-refractivity contribution in [3.05, 3.63) is 53.1 Å². The zero-order valence-electron chi connectivity index (χ0n) is 13.8. The second-order valence-corrected chi connectivity index (χ2v) is 5.08. The van der Waals surface area contributed by atoms with Crippen LogP contribution in [-0.2, 0) is 19.4 Å². The number of anilines is 1. The van der Waals surface area contributed by atoms with Gasteiger partial charge in [0.2, 0.25) is 0 Å². The molecule has 0 aliphatic rings. The molecule has 0 amide bonds. The number of aliphatic imine (C=N–C) groups is 1. The minimum absolute atomic E-state index is 0. The number of halogens is 1. The Morgan fingerprint density at radius 2 is 1.83 bits per heavy atom. The number of nitrogens with zero attached hydrogens (tertiary/aromatic N) is 3. The summed E-state index contributed by atoms with van der Waals surface area (Å²) in [4.78, 5) is 12.8.